The lowest BCUT2D eigenvalue weighted by Gasteiger charge is -2.36. The molecule has 1 aliphatic heterocycles. The molecule has 0 aliphatic carbocycles. The SMILES string of the molecule is O=S(=O)(NCc1ccc(C2O[C@H](CSc3ccc(O)cc3)C[C@H](c3ccc(CO)cc3)O2)cc1)c1cccc2cccnc12. The number of aliphatic hydroxyl groups is 1. The average Bonchev–Trinajstić information content (AvgIpc) is 3.07. The Labute approximate surface area is 260 Å². The number of nitrogens with zero attached hydrogens (tertiary/aromatic N) is 1. The summed E-state index contributed by atoms with van der Waals surface area (Å²) in [4.78, 5) is 5.45. The van der Waals surface area contributed by atoms with Crippen molar-refractivity contribution in [3.05, 3.63) is 132 Å². The number of sulfonamides is 1. The fourth-order valence-electron chi connectivity index (χ4n) is 5.10. The van der Waals surface area contributed by atoms with Crippen LogP contribution in [-0.2, 0) is 32.6 Å². The number of aromatic hydroxyl groups is 1. The second-order valence-electron chi connectivity index (χ2n) is 10.6. The van der Waals surface area contributed by atoms with Gasteiger partial charge < -0.3 is 19.7 Å². The van der Waals surface area contributed by atoms with Crippen LogP contribution in [0.2, 0.25) is 0 Å². The average molecular weight is 629 g/mol. The lowest BCUT2D eigenvalue weighted by atomic mass is 10.0. The van der Waals surface area contributed by atoms with Crippen LogP contribution >= 0.6 is 11.8 Å². The zero-order chi connectivity index (χ0) is 30.5. The van der Waals surface area contributed by atoms with Gasteiger partial charge in [-0.1, -0.05) is 66.7 Å². The minimum atomic E-state index is -3.79. The summed E-state index contributed by atoms with van der Waals surface area (Å²) in [6.45, 7) is 0.0920. The van der Waals surface area contributed by atoms with Gasteiger partial charge in [-0.15, -0.1) is 11.8 Å². The Kier molecular flexibility index (Phi) is 9.27. The molecule has 1 saturated heterocycles. The molecule has 5 aromatic rings. The van der Waals surface area contributed by atoms with Crippen LogP contribution in [0.1, 0.15) is 41.1 Å². The van der Waals surface area contributed by atoms with Gasteiger partial charge >= 0.3 is 0 Å². The molecule has 1 aliphatic rings. The van der Waals surface area contributed by atoms with E-state index in [9.17, 15) is 18.6 Å². The molecule has 0 spiro atoms. The summed E-state index contributed by atoms with van der Waals surface area (Å²) in [5.41, 5.74) is 3.88. The maximum Gasteiger partial charge on any atom is 0.243 e. The number of hydrogen-bond acceptors (Lipinski definition) is 8. The first-order valence-corrected chi connectivity index (χ1v) is 16.7. The van der Waals surface area contributed by atoms with E-state index < -0.39 is 16.3 Å². The van der Waals surface area contributed by atoms with Crippen LogP contribution in [0, 0.1) is 0 Å². The van der Waals surface area contributed by atoms with E-state index in [4.69, 9.17) is 9.47 Å². The van der Waals surface area contributed by atoms with Crippen molar-refractivity contribution < 1.29 is 28.1 Å². The van der Waals surface area contributed by atoms with Crippen molar-refractivity contribution in [2.24, 2.45) is 0 Å². The Morgan fingerprint density at radius 2 is 1.55 bits per heavy atom. The normalized spacial score (nSPS) is 18.8. The maximum absolute atomic E-state index is 13.1. The highest BCUT2D eigenvalue weighted by Crippen LogP contribution is 2.39. The number of para-hydroxylation sites is 1. The van der Waals surface area contributed by atoms with Crippen LogP contribution in [0.4, 0.5) is 0 Å². The van der Waals surface area contributed by atoms with Gasteiger partial charge in [0.25, 0.3) is 0 Å². The third-order valence-corrected chi connectivity index (χ3v) is 10.1. The van der Waals surface area contributed by atoms with Crippen molar-refractivity contribution in [1.29, 1.82) is 0 Å². The summed E-state index contributed by atoms with van der Waals surface area (Å²) in [7, 11) is -3.79. The number of hydrogen-bond donors (Lipinski definition) is 3. The third kappa shape index (κ3) is 7.13. The van der Waals surface area contributed by atoms with Crippen LogP contribution in [0.5, 0.6) is 5.75 Å². The predicted octanol–water partition coefficient (Wildman–Crippen LogP) is 6.25. The van der Waals surface area contributed by atoms with Crippen LogP contribution in [-0.4, -0.2) is 35.5 Å². The van der Waals surface area contributed by atoms with Gasteiger partial charge in [-0.25, -0.2) is 13.1 Å². The molecular formula is C34H32N2O6S2. The highest BCUT2D eigenvalue weighted by molar-refractivity contribution is 7.99. The van der Waals surface area contributed by atoms with Gasteiger partial charge in [-0.05, 0) is 53.1 Å². The quantitative estimate of drug-likeness (QED) is 0.155. The van der Waals surface area contributed by atoms with Crippen molar-refractivity contribution in [3.63, 3.8) is 0 Å². The number of rotatable bonds is 10. The van der Waals surface area contributed by atoms with Crippen LogP contribution < -0.4 is 4.72 Å². The topological polar surface area (TPSA) is 118 Å². The van der Waals surface area contributed by atoms with E-state index >= 15 is 0 Å². The summed E-state index contributed by atoms with van der Waals surface area (Å²) in [5.74, 6) is 0.920. The van der Waals surface area contributed by atoms with Crippen LogP contribution in [0.25, 0.3) is 10.9 Å². The zero-order valence-corrected chi connectivity index (χ0v) is 25.4. The molecular weight excluding hydrogens is 597 g/mol. The third-order valence-electron chi connectivity index (χ3n) is 7.49. The van der Waals surface area contributed by atoms with E-state index in [0.29, 0.717) is 17.7 Å². The van der Waals surface area contributed by atoms with Gasteiger partial charge in [0.15, 0.2) is 6.29 Å². The first-order chi connectivity index (χ1) is 21.4. The molecule has 0 amide bonds. The first-order valence-electron chi connectivity index (χ1n) is 14.2. The molecule has 3 atom stereocenters. The Hall–Kier alpha value is -3.77. The molecule has 6 rings (SSSR count). The number of phenolic OH excluding ortho intramolecular Hbond substituents is 1. The Balaban J connectivity index is 1.16. The number of ether oxygens (including phenoxy) is 2. The molecule has 3 N–H and O–H groups in total. The van der Waals surface area contributed by atoms with Crippen molar-refractivity contribution in [3.8, 4) is 5.75 Å². The fraction of sp³-hybridized carbons (Fsp3) is 0.206. The monoisotopic (exact) mass is 628 g/mol. The van der Waals surface area contributed by atoms with Gasteiger partial charge in [0, 0.05) is 40.8 Å². The summed E-state index contributed by atoms with van der Waals surface area (Å²) < 4.78 is 41.8. The van der Waals surface area contributed by atoms with Crippen LogP contribution in [0.15, 0.2) is 119 Å². The van der Waals surface area contributed by atoms with E-state index in [1.54, 1.807) is 48.3 Å². The minimum Gasteiger partial charge on any atom is -0.508 e. The standard InChI is InChI=1S/C34H32N2O6S2/c37-21-24-8-10-25(11-9-24)31-19-29(22-43-30-16-14-28(38)15-17-30)41-34(42-31)27-12-6-23(7-13-27)20-36-44(39,40)32-5-1-3-26-4-2-18-35-33(26)32/h1-18,29,31,34,36-38H,19-22H2/t29-,31+,34?/m0/s1. The van der Waals surface area contributed by atoms with E-state index in [1.807, 2.05) is 72.8 Å². The Morgan fingerprint density at radius 1 is 0.841 bits per heavy atom. The molecule has 4 aromatic carbocycles. The number of pyridine rings is 1. The van der Waals surface area contributed by atoms with Gasteiger partial charge in [-0.3, -0.25) is 4.98 Å². The van der Waals surface area contributed by atoms with E-state index in [1.165, 1.54) is 0 Å². The van der Waals surface area contributed by atoms with Crippen molar-refractivity contribution in [2.45, 2.75) is 47.9 Å². The molecule has 10 heteroatoms. The maximum atomic E-state index is 13.1. The smallest absolute Gasteiger partial charge is 0.243 e. The number of aromatic nitrogens is 1. The van der Waals surface area contributed by atoms with Gasteiger partial charge in [-0.2, -0.15) is 0 Å². The molecule has 1 aromatic heterocycles. The second kappa shape index (κ2) is 13.5. The van der Waals surface area contributed by atoms with Crippen molar-refractivity contribution in [2.75, 3.05) is 5.75 Å². The molecule has 0 bridgehead atoms. The second-order valence-corrected chi connectivity index (χ2v) is 13.4. The molecule has 44 heavy (non-hydrogen) atoms. The molecule has 226 valence electrons. The van der Waals surface area contributed by atoms with E-state index in [0.717, 1.165) is 32.5 Å². The number of benzene rings is 4. The Morgan fingerprint density at radius 3 is 2.30 bits per heavy atom. The Bertz CT molecular complexity index is 1810. The number of fused-ring (bicyclic) bond motifs is 1. The number of nitrogens with one attached hydrogen (secondary N) is 1. The summed E-state index contributed by atoms with van der Waals surface area (Å²) in [5, 5.41) is 19.8. The van der Waals surface area contributed by atoms with Gasteiger partial charge in [0.2, 0.25) is 10.0 Å². The van der Waals surface area contributed by atoms with Crippen LogP contribution in [0.3, 0.4) is 0 Å². The summed E-state index contributed by atoms with van der Waals surface area (Å²) in [6.07, 6.45) is 1.29. The van der Waals surface area contributed by atoms with E-state index in [-0.39, 0.29) is 36.0 Å². The molecule has 2 heterocycles. The molecule has 1 unspecified atom stereocenters. The highest BCUT2D eigenvalue weighted by atomic mass is 32.2. The minimum absolute atomic E-state index is 0.0230. The summed E-state index contributed by atoms with van der Waals surface area (Å²) >= 11 is 1.65. The largest absolute Gasteiger partial charge is 0.508 e. The zero-order valence-electron chi connectivity index (χ0n) is 23.7. The highest BCUT2D eigenvalue weighted by Gasteiger charge is 2.32. The van der Waals surface area contributed by atoms with E-state index in [2.05, 4.69) is 9.71 Å². The van der Waals surface area contributed by atoms with Gasteiger partial charge in [0.1, 0.15) is 10.6 Å². The lowest BCUT2D eigenvalue weighted by Crippen LogP contribution is -2.31. The molecule has 0 saturated carbocycles. The first kappa shape index (κ1) is 30.3. The molecule has 0 radical (unpaired) electrons. The number of aliphatic hydroxyl groups excluding tert-OH is 1. The van der Waals surface area contributed by atoms with Gasteiger partial charge in [0.05, 0.1) is 24.3 Å². The van der Waals surface area contributed by atoms with Crippen molar-refractivity contribution in [1.82, 2.24) is 9.71 Å². The number of thioether (sulfide) groups is 1. The lowest BCUT2D eigenvalue weighted by molar-refractivity contribution is -0.245. The number of phenols is 1. The summed E-state index contributed by atoms with van der Waals surface area (Å²) in [6, 6.07) is 31.1. The van der Waals surface area contributed by atoms with Crippen molar-refractivity contribution >= 4 is 32.7 Å². The molecule has 8 nitrogen and oxygen atoms in total. The fourth-order valence-corrected chi connectivity index (χ4v) is 7.21. The molecule has 1 fully saturated rings. The predicted molar refractivity (Wildman–Crippen MR) is 169 cm³/mol.